The number of aromatic nitrogens is 2. The molecule has 1 aromatic carbocycles. The van der Waals surface area contributed by atoms with Crippen LogP contribution in [0.4, 0.5) is 0 Å². The molecule has 0 saturated carbocycles. The molecule has 0 aliphatic heterocycles. The summed E-state index contributed by atoms with van der Waals surface area (Å²) in [5, 5.41) is 2.66. The fourth-order valence-electron chi connectivity index (χ4n) is 2.17. The van der Waals surface area contributed by atoms with Crippen molar-refractivity contribution in [2.24, 2.45) is 7.05 Å². The van der Waals surface area contributed by atoms with Crippen LogP contribution in [0.5, 0.6) is 0 Å². The molecule has 0 spiro atoms. The second-order valence-electron chi connectivity index (χ2n) is 6.61. The van der Waals surface area contributed by atoms with Crippen LogP contribution in [0.2, 0.25) is 0 Å². The highest BCUT2D eigenvalue weighted by Crippen LogP contribution is 2.17. The first-order chi connectivity index (χ1) is 10.5. The molecule has 23 heavy (non-hydrogen) atoms. The van der Waals surface area contributed by atoms with Gasteiger partial charge in [-0.3, -0.25) is 4.79 Å². The topological polar surface area (TPSA) is 81.1 Å². The number of nitrogens with one attached hydrogen (secondary N) is 1. The largest absolute Gasteiger partial charge is 0.351 e. The average molecular weight is 337 g/mol. The van der Waals surface area contributed by atoms with E-state index in [9.17, 15) is 13.2 Å². The molecular weight excluding hydrogens is 314 g/mol. The van der Waals surface area contributed by atoms with Crippen molar-refractivity contribution in [3.05, 3.63) is 29.6 Å². The Hall–Kier alpha value is -1.89. The molecule has 126 valence electrons. The maximum absolute atomic E-state index is 12.2. The highest BCUT2D eigenvalue weighted by molar-refractivity contribution is 7.92. The lowest BCUT2D eigenvalue weighted by Crippen LogP contribution is -2.36. The van der Waals surface area contributed by atoms with E-state index < -0.39 is 14.6 Å². The minimum Gasteiger partial charge on any atom is -0.351 e. The highest BCUT2D eigenvalue weighted by Gasteiger charge is 2.28. The molecule has 1 heterocycles. The van der Waals surface area contributed by atoms with Crippen molar-refractivity contribution in [2.75, 3.05) is 12.3 Å². The number of benzene rings is 1. The molecule has 0 aliphatic carbocycles. The summed E-state index contributed by atoms with van der Waals surface area (Å²) in [6, 6.07) is 5.28. The molecule has 0 atom stereocenters. The van der Waals surface area contributed by atoms with Crippen molar-refractivity contribution < 1.29 is 13.2 Å². The van der Waals surface area contributed by atoms with Crippen LogP contribution in [-0.4, -0.2) is 40.9 Å². The zero-order chi connectivity index (χ0) is 17.4. The van der Waals surface area contributed by atoms with Gasteiger partial charge in [-0.1, -0.05) is 0 Å². The maximum Gasteiger partial charge on any atom is 0.251 e. The van der Waals surface area contributed by atoms with E-state index in [4.69, 9.17) is 0 Å². The monoisotopic (exact) mass is 337 g/mol. The summed E-state index contributed by atoms with van der Waals surface area (Å²) in [4.78, 5) is 16.6. The third-order valence-electron chi connectivity index (χ3n) is 3.96. The van der Waals surface area contributed by atoms with Crippen LogP contribution < -0.4 is 5.32 Å². The number of carbonyl (C=O) groups excluding carboxylic acids is 1. The summed E-state index contributed by atoms with van der Waals surface area (Å²) in [5.41, 5.74) is 2.18. The van der Waals surface area contributed by atoms with Gasteiger partial charge in [0.2, 0.25) is 0 Å². The lowest BCUT2D eigenvalue weighted by atomic mass is 10.2. The van der Waals surface area contributed by atoms with E-state index >= 15 is 0 Å². The summed E-state index contributed by atoms with van der Waals surface area (Å²) >= 11 is 0. The Morgan fingerprint density at radius 1 is 1.30 bits per heavy atom. The molecule has 0 radical (unpaired) electrons. The van der Waals surface area contributed by atoms with Crippen LogP contribution in [0.15, 0.2) is 18.2 Å². The Kier molecular flexibility index (Phi) is 4.52. The molecule has 0 fully saturated rings. The van der Waals surface area contributed by atoms with Crippen LogP contribution in [-0.2, 0) is 16.9 Å². The minimum absolute atomic E-state index is 0.0762. The van der Waals surface area contributed by atoms with E-state index in [0.717, 1.165) is 16.9 Å². The zero-order valence-electron chi connectivity index (χ0n) is 14.2. The molecule has 6 nitrogen and oxygen atoms in total. The predicted molar refractivity (Wildman–Crippen MR) is 91.3 cm³/mol. The van der Waals surface area contributed by atoms with Gasteiger partial charge in [-0.15, -0.1) is 0 Å². The van der Waals surface area contributed by atoms with Crippen molar-refractivity contribution in [1.29, 1.82) is 0 Å². The van der Waals surface area contributed by atoms with Gasteiger partial charge >= 0.3 is 0 Å². The first kappa shape index (κ1) is 17.5. The molecule has 2 rings (SSSR count). The second kappa shape index (κ2) is 5.96. The first-order valence-corrected chi connectivity index (χ1v) is 9.12. The number of sulfone groups is 1. The summed E-state index contributed by atoms with van der Waals surface area (Å²) in [6.07, 6.45) is 0. The predicted octanol–water partition coefficient (Wildman–Crippen LogP) is 1.82. The highest BCUT2D eigenvalue weighted by atomic mass is 32.2. The van der Waals surface area contributed by atoms with E-state index in [2.05, 4.69) is 10.3 Å². The van der Waals surface area contributed by atoms with Crippen LogP contribution in [0.1, 0.15) is 37.0 Å². The van der Waals surface area contributed by atoms with E-state index in [1.165, 1.54) is 0 Å². The molecule has 0 aliphatic rings. The van der Waals surface area contributed by atoms with Gasteiger partial charge in [0.25, 0.3) is 5.91 Å². The smallest absolute Gasteiger partial charge is 0.251 e. The van der Waals surface area contributed by atoms with Crippen molar-refractivity contribution >= 4 is 26.8 Å². The van der Waals surface area contributed by atoms with E-state index in [-0.39, 0.29) is 18.2 Å². The van der Waals surface area contributed by atoms with Crippen molar-refractivity contribution in [3.8, 4) is 0 Å². The zero-order valence-corrected chi connectivity index (χ0v) is 15.0. The number of carbonyl (C=O) groups is 1. The molecule has 1 amide bonds. The summed E-state index contributed by atoms with van der Waals surface area (Å²) < 4.78 is 25.2. The van der Waals surface area contributed by atoms with Crippen molar-refractivity contribution in [1.82, 2.24) is 14.9 Å². The summed E-state index contributed by atoms with van der Waals surface area (Å²) in [7, 11) is -1.32. The van der Waals surface area contributed by atoms with Crippen LogP contribution in [0.3, 0.4) is 0 Å². The number of amides is 1. The van der Waals surface area contributed by atoms with Gasteiger partial charge in [0.1, 0.15) is 5.82 Å². The summed E-state index contributed by atoms with van der Waals surface area (Å²) in [6.45, 7) is 6.96. The number of rotatable bonds is 4. The van der Waals surface area contributed by atoms with Gasteiger partial charge in [0, 0.05) is 19.2 Å². The molecule has 0 bridgehead atoms. The standard InChI is InChI=1S/C16H23N3O3S/c1-11-18-13-10-12(6-7-14(13)19(11)5)15(20)17-8-9-23(21,22)16(2,3)4/h6-7,10H,8-9H2,1-5H3,(H,17,20). The molecule has 0 unspecified atom stereocenters. The maximum atomic E-state index is 12.2. The van der Waals surface area contributed by atoms with Crippen LogP contribution >= 0.6 is 0 Å². The Balaban J connectivity index is 2.07. The van der Waals surface area contributed by atoms with E-state index in [0.29, 0.717) is 5.56 Å². The summed E-state index contributed by atoms with van der Waals surface area (Å²) in [5.74, 6) is 0.501. The number of imidazole rings is 1. The molecule has 0 saturated heterocycles. The first-order valence-electron chi connectivity index (χ1n) is 7.46. The number of aryl methyl sites for hydroxylation is 2. The number of nitrogens with zero attached hydrogens (tertiary/aromatic N) is 2. The Bertz CT molecular complexity index is 845. The van der Waals surface area contributed by atoms with Gasteiger partial charge in [-0.2, -0.15) is 0 Å². The Morgan fingerprint density at radius 2 is 1.96 bits per heavy atom. The number of hydrogen-bond acceptors (Lipinski definition) is 4. The second-order valence-corrected chi connectivity index (χ2v) is 9.47. The van der Waals surface area contributed by atoms with Crippen molar-refractivity contribution in [2.45, 2.75) is 32.4 Å². The molecular formula is C16H23N3O3S. The Labute approximate surface area is 136 Å². The van der Waals surface area contributed by atoms with Gasteiger partial charge in [0.15, 0.2) is 9.84 Å². The van der Waals surface area contributed by atoms with Gasteiger partial charge in [-0.05, 0) is 45.9 Å². The fourth-order valence-corrected chi connectivity index (χ4v) is 3.15. The SMILES string of the molecule is Cc1nc2cc(C(=O)NCCS(=O)(=O)C(C)(C)C)ccc2n1C. The van der Waals surface area contributed by atoms with E-state index in [1.54, 1.807) is 32.9 Å². The molecule has 2 aromatic rings. The Morgan fingerprint density at radius 3 is 2.57 bits per heavy atom. The minimum atomic E-state index is -3.24. The third kappa shape index (κ3) is 3.55. The number of fused-ring (bicyclic) bond motifs is 1. The average Bonchev–Trinajstić information content (AvgIpc) is 2.72. The van der Waals surface area contributed by atoms with Gasteiger partial charge in [0.05, 0.1) is 21.5 Å². The molecule has 1 aromatic heterocycles. The quantitative estimate of drug-likeness (QED) is 0.923. The molecule has 1 N–H and O–H groups in total. The van der Waals surface area contributed by atoms with Crippen molar-refractivity contribution in [3.63, 3.8) is 0 Å². The van der Waals surface area contributed by atoms with Crippen LogP contribution in [0.25, 0.3) is 11.0 Å². The van der Waals surface area contributed by atoms with Gasteiger partial charge in [-0.25, -0.2) is 13.4 Å². The van der Waals surface area contributed by atoms with Crippen LogP contribution in [0, 0.1) is 6.92 Å². The normalized spacial score (nSPS) is 12.6. The van der Waals surface area contributed by atoms with E-state index in [1.807, 2.05) is 24.6 Å². The molecule has 7 heteroatoms. The third-order valence-corrected chi connectivity index (χ3v) is 6.56. The lowest BCUT2D eigenvalue weighted by molar-refractivity contribution is 0.0956. The fraction of sp³-hybridized carbons (Fsp3) is 0.500. The lowest BCUT2D eigenvalue weighted by Gasteiger charge is -2.19. The van der Waals surface area contributed by atoms with Gasteiger partial charge < -0.3 is 9.88 Å². The number of hydrogen-bond donors (Lipinski definition) is 1.